The molecular weight excluding hydrogens is 332 g/mol. The van der Waals surface area contributed by atoms with Gasteiger partial charge >= 0.3 is 0 Å². The summed E-state index contributed by atoms with van der Waals surface area (Å²) in [4.78, 5) is 30.6. The third-order valence-corrected chi connectivity index (χ3v) is 5.45. The number of aromatic nitrogens is 2. The summed E-state index contributed by atoms with van der Waals surface area (Å²) in [5, 5.41) is 14.4. The Labute approximate surface area is 139 Å². The SMILES string of the molecule is Cc1sc2ncn(CC(=O)Nc3sccc3C#N)c(=O)c2c1C. The summed E-state index contributed by atoms with van der Waals surface area (Å²) in [7, 11) is 0. The van der Waals surface area contributed by atoms with E-state index in [1.54, 1.807) is 11.4 Å². The van der Waals surface area contributed by atoms with Crippen LogP contribution in [-0.4, -0.2) is 15.5 Å². The molecule has 8 heteroatoms. The fourth-order valence-electron chi connectivity index (χ4n) is 2.20. The van der Waals surface area contributed by atoms with Crippen LogP contribution < -0.4 is 10.9 Å². The Balaban J connectivity index is 1.88. The maximum Gasteiger partial charge on any atom is 0.262 e. The van der Waals surface area contributed by atoms with E-state index in [9.17, 15) is 9.59 Å². The lowest BCUT2D eigenvalue weighted by Gasteiger charge is -2.06. The van der Waals surface area contributed by atoms with Crippen LogP contribution in [0.2, 0.25) is 0 Å². The maximum absolute atomic E-state index is 12.5. The topological polar surface area (TPSA) is 87.8 Å². The molecule has 3 aromatic heterocycles. The van der Waals surface area contributed by atoms with Gasteiger partial charge in [-0.15, -0.1) is 22.7 Å². The van der Waals surface area contributed by atoms with E-state index in [0.29, 0.717) is 20.8 Å². The fourth-order valence-corrected chi connectivity index (χ4v) is 3.94. The molecule has 0 atom stereocenters. The quantitative estimate of drug-likeness (QED) is 0.791. The molecule has 0 aliphatic rings. The lowest BCUT2D eigenvalue weighted by Crippen LogP contribution is -2.27. The first-order valence-electron chi connectivity index (χ1n) is 6.74. The minimum atomic E-state index is -0.364. The van der Waals surface area contributed by atoms with Gasteiger partial charge in [-0.3, -0.25) is 14.2 Å². The lowest BCUT2D eigenvalue weighted by atomic mass is 10.2. The number of hydrogen-bond acceptors (Lipinski definition) is 6. The molecule has 0 unspecified atom stereocenters. The fraction of sp³-hybridized carbons (Fsp3) is 0.200. The van der Waals surface area contributed by atoms with Crippen molar-refractivity contribution in [3.63, 3.8) is 0 Å². The predicted octanol–water partition coefficient (Wildman–Crippen LogP) is 2.65. The van der Waals surface area contributed by atoms with E-state index >= 15 is 0 Å². The number of aryl methyl sites for hydroxylation is 2. The molecule has 116 valence electrons. The molecule has 23 heavy (non-hydrogen) atoms. The summed E-state index contributed by atoms with van der Waals surface area (Å²) in [5.41, 5.74) is 1.09. The number of hydrogen-bond donors (Lipinski definition) is 1. The van der Waals surface area contributed by atoms with Crippen molar-refractivity contribution in [2.24, 2.45) is 0 Å². The van der Waals surface area contributed by atoms with Crippen molar-refractivity contribution in [2.75, 3.05) is 5.32 Å². The second-order valence-corrected chi connectivity index (χ2v) is 7.08. The standard InChI is InChI=1S/C15H12N4O2S2/c1-8-9(2)23-14-12(8)15(21)19(7-17-14)6-11(20)18-13-10(5-16)3-4-22-13/h3-4,7H,6H2,1-2H3,(H,18,20). The van der Waals surface area contributed by atoms with Gasteiger partial charge in [-0.2, -0.15) is 5.26 Å². The van der Waals surface area contributed by atoms with Crippen LogP contribution in [-0.2, 0) is 11.3 Å². The first-order valence-corrected chi connectivity index (χ1v) is 8.43. The Morgan fingerprint density at radius 3 is 3.00 bits per heavy atom. The molecule has 3 aromatic rings. The van der Waals surface area contributed by atoms with E-state index in [1.165, 1.54) is 33.6 Å². The van der Waals surface area contributed by atoms with Crippen molar-refractivity contribution in [3.05, 3.63) is 44.1 Å². The summed E-state index contributed by atoms with van der Waals surface area (Å²) < 4.78 is 1.29. The average Bonchev–Trinajstić information content (AvgIpc) is 3.07. The number of amides is 1. The lowest BCUT2D eigenvalue weighted by molar-refractivity contribution is -0.116. The number of carbonyl (C=O) groups is 1. The molecule has 0 aliphatic heterocycles. The zero-order chi connectivity index (χ0) is 16.6. The van der Waals surface area contributed by atoms with E-state index in [4.69, 9.17) is 5.26 Å². The molecule has 0 saturated carbocycles. The number of nitrogens with zero attached hydrogens (tertiary/aromatic N) is 3. The van der Waals surface area contributed by atoms with Gasteiger partial charge in [-0.05, 0) is 30.9 Å². The van der Waals surface area contributed by atoms with Crippen LogP contribution in [0, 0.1) is 25.2 Å². The predicted molar refractivity (Wildman–Crippen MR) is 91.0 cm³/mol. The molecular formula is C15H12N4O2S2. The number of rotatable bonds is 3. The van der Waals surface area contributed by atoms with Crippen molar-refractivity contribution in [1.29, 1.82) is 5.26 Å². The van der Waals surface area contributed by atoms with E-state index in [1.807, 2.05) is 19.9 Å². The van der Waals surface area contributed by atoms with Gasteiger partial charge in [-0.1, -0.05) is 0 Å². The number of nitriles is 1. The third-order valence-electron chi connectivity index (χ3n) is 3.51. The summed E-state index contributed by atoms with van der Waals surface area (Å²) in [6.45, 7) is 3.68. The van der Waals surface area contributed by atoms with Crippen LogP contribution in [0.1, 0.15) is 16.0 Å². The molecule has 3 heterocycles. The maximum atomic E-state index is 12.5. The van der Waals surface area contributed by atoms with E-state index in [2.05, 4.69) is 10.3 Å². The van der Waals surface area contributed by atoms with Crippen LogP contribution in [0.25, 0.3) is 10.2 Å². The first kappa shape index (κ1) is 15.4. The summed E-state index contributed by atoms with van der Waals surface area (Å²) in [6, 6.07) is 3.64. The Morgan fingerprint density at radius 1 is 1.48 bits per heavy atom. The third kappa shape index (κ3) is 2.76. The molecule has 0 spiro atoms. The van der Waals surface area contributed by atoms with Gasteiger partial charge in [-0.25, -0.2) is 4.98 Å². The van der Waals surface area contributed by atoms with Crippen molar-refractivity contribution in [3.8, 4) is 6.07 Å². The highest BCUT2D eigenvalue weighted by molar-refractivity contribution is 7.18. The highest BCUT2D eigenvalue weighted by Crippen LogP contribution is 2.25. The van der Waals surface area contributed by atoms with Crippen LogP contribution in [0.3, 0.4) is 0 Å². The largest absolute Gasteiger partial charge is 0.315 e. The van der Waals surface area contributed by atoms with Gasteiger partial charge in [0.1, 0.15) is 22.4 Å². The molecule has 1 N–H and O–H groups in total. The Morgan fingerprint density at radius 2 is 2.26 bits per heavy atom. The average molecular weight is 344 g/mol. The number of thiophene rings is 2. The normalized spacial score (nSPS) is 10.7. The Bertz CT molecular complexity index is 1010. The van der Waals surface area contributed by atoms with E-state index in [0.717, 1.165) is 10.4 Å². The molecule has 0 bridgehead atoms. The highest BCUT2D eigenvalue weighted by Gasteiger charge is 2.14. The van der Waals surface area contributed by atoms with Gasteiger partial charge in [0.25, 0.3) is 5.56 Å². The highest BCUT2D eigenvalue weighted by atomic mass is 32.1. The van der Waals surface area contributed by atoms with Gasteiger partial charge in [0.05, 0.1) is 17.3 Å². The molecule has 0 saturated heterocycles. The van der Waals surface area contributed by atoms with E-state index in [-0.39, 0.29) is 18.0 Å². The molecule has 3 rings (SSSR count). The number of carbonyl (C=O) groups excluding carboxylic acids is 1. The van der Waals surface area contributed by atoms with Gasteiger partial charge < -0.3 is 5.32 Å². The first-order chi connectivity index (χ1) is 11.0. The zero-order valence-corrected chi connectivity index (χ0v) is 14.0. The zero-order valence-electron chi connectivity index (χ0n) is 12.4. The van der Waals surface area contributed by atoms with Crippen LogP contribution in [0.5, 0.6) is 0 Å². The Kier molecular flexibility index (Phi) is 3.98. The minimum absolute atomic E-state index is 0.140. The monoisotopic (exact) mass is 344 g/mol. The smallest absolute Gasteiger partial charge is 0.262 e. The van der Waals surface area contributed by atoms with Crippen molar-refractivity contribution in [1.82, 2.24) is 9.55 Å². The number of anilines is 1. The summed E-state index contributed by atoms with van der Waals surface area (Å²) in [5.74, 6) is -0.364. The van der Waals surface area contributed by atoms with Crippen molar-refractivity contribution < 1.29 is 4.79 Å². The summed E-state index contributed by atoms with van der Waals surface area (Å²) >= 11 is 2.74. The molecule has 0 radical (unpaired) electrons. The molecule has 1 amide bonds. The summed E-state index contributed by atoms with van der Waals surface area (Å²) in [6.07, 6.45) is 1.39. The molecule has 6 nitrogen and oxygen atoms in total. The second-order valence-electron chi connectivity index (χ2n) is 4.96. The van der Waals surface area contributed by atoms with Crippen LogP contribution in [0.4, 0.5) is 5.00 Å². The number of nitrogens with one attached hydrogen (secondary N) is 1. The van der Waals surface area contributed by atoms with Gasteiger partial charge in [0.2, 0.25) is 5.91 Å². The molecule has 0 aromatic carbocycles. The van der Waals surface area contributed by atoms with Crippen LogP contribution in [0.15, 0.2) is 22.6 Å². The molecule has 0 aliphatic carbocycles. The molecule has 0 fully saturated rings. The van der Waals surface area contributed by atoms with Gasteiger partial charge in [0, 0.05) is 4.88 Å². The van der Waals surface area contributed by atoms with Crippen molar-refractivity contribution in [2.45, 2.75) is 20.4 Å². The van der Waals surface area contributed by atoms with Gasteiger partial charge in [0.15, 0.2) is 0 Å². The second kappa shape index (κ2) is 5.95. The minimum Gasteiger partial charge on any atom is -0.315 e. The van der Waals surface area contributed by atoms with Crippen molar-refractivity contribution >= 4 is 43.8 Å². The Hall–Kier alpha value is -2.50. The van der Waals surface area contributed by atoms with Crippen LogP contribution >= 0.6 is 22.7 Å². The van der Waals surface area contributed by atoms with E-state index < -0.39 is 0 Å². The number of fused-ring (bicyclic) bond motifs is 1.